The summed E-state index contributed by atoms with van der Waals surface area (Å²) in [6.07, 6.45) is 2.41. The molecule has 0 radical (unpaired) electrons. The molecule has 0 amide bonds. The first-order valence-corrected chi connectivity index (χ1v) is 4.74. The van der Waals surface area contributed by atoms with Crippen LogP contribution in [0.1, 0.15) is 40.5 Å². The lowest BCUT2D eigenvalue weighted by Crippen LogP contribution is -2.06. The van der Waals surface area contributed by atoms with E-state index in [0.29, 0.717) is 0 Å². The van der Waals surface area contributed by atoms with Crippen molar-refractivity contribution in [3.8, 4) is 0 Å². The molecule has 11 heavy (non-hydrogen) atoms. The van der Waals surface area contributed by atoms with Crippen LogP contribution in [0.4, 0.5) is 0 Å². The SMILES string of the molecule is CC[C@H](C)COCCC(C)C. The Morgan fingerprint density at radius 2 is 1.82 bits per heavy atom. The summed E-state index contributed by atoms with van der Waals surface area (Å²) in [5.41, 5.74) is 0. The first-order valence-electron chi connectivity index (χ1n) is 4.74. The molecule has 1 atom stereocenters. The number of rotatable bonds is 6. The van der Waals surface area contributed by atoms with Crippen LogP contribution in [-0.2, 0) is 4.74 Å². The van der Waals surface area contributed by atoms with Gasteiger partial charge in [-0.2, -0.15) is 0 Å². The molecule has 0 aliphatic heterocycles. The van der Waals surface area contributed by atoms with E-state index >= 15 is 0 Å². The summed E-state index contributed by atoms with van der Waals surface area (Å²) >= 11 is 0. The van der Waals surface area contributed by atoms with Gasteiger partial charge in [0.25, 0.3) is 0 Å². The molecule has 0 aliphatic rings. The summed E-state index contributed by atoms with van der Waals surface area (Å²) in [5.74, 6) is 1.49. The Kier molecular flexibility index (Phi) is 6.63. The highest BCUT2D eigenvalue weighted by molar-refractivity contribution is 4.47. The second kappa shape index (κ2) is 6.66. The van der Waals surface area contributed by atoms with Crippen LogP contribution in [0.5, 0.6) is 0 Å². The van der Waals surface area contributed by atoms with E-state index in [4.69, 9.17) is 4.74 Å². The molecule has 0 aromatic rings. The van der Waals surface area contributed by atoms with Gasteiger partial charge in [0.05, 0.1) is 0 Å². The van der Waals surface area contributed by atoms with Gasteiger partial charge in [0, 0.05) is 13.2 Å². The van der Waals surface area contributed by atoms with Crippen LogP contribution < -0.4 is 0 Å². The van der Waals surface area contributed by atoms with Crippen LogP contribution in [0.15, 0.2) is 0 Å². The third-order valence-corrected chi connectivity index (χ3v) is 1.94. The number of ether oxygens (including phenoxy) is 1. The second-order valence-electron chi connectivity index (χ2n) is 3.77. The lowest BCUT2D eigenvalue weighted by atomic mass is 10.1. The molecule has 0 spiro atoms. The molecular formula is C10H22O. The van der Waals surface area contributed by atoms with Gasteiger partial charge in [0.2, 0.25) is 0 Å². The Morgan fingerprint density at radius 1 is 1.18 bits per heavy atom. The van der Waals surface area contributed by atoms with E-state index in [0.717, 1.165) is 25.0 Å². The highest BCUT2D eigenvalue weighted by Gasteiger charge is 1.98. The summed E-state index contributed by atoms with van der Waals surface area (Å²) in [7, 11) is 0. The monoisotopic (exact) mass is 158 g/mol. The van der Waals surface area contributed by atoms with E-state index < -0.39 is 0 Å². The van der Waals surface area contributed by atoms with Gasteiger partial charge >= 0.3 is 0 Å². The highest BCUT2D eigenvalue weighted by atomic mass is 16.5. The van der Waals surface area contributed by atoms with Crippen LogP contribution in [-0.4, -0.2) is 13.2 Å². The van der Waals surface area contributed by atoms with Crippen molar-refractivity contribution in [3.63, 3.8) is 0 Å². The molecule has 0 heterocycles. The van der Waals surface area contributed by atoms with Crippen molar-refractivity contribution < 1.29 is 4.74 Å². The van der Waals surface area contributed by atoms with Gasteiger partial charge in [-0.15, -0.1) is 0 Å². The largest absolute Gasteiger partial charge is 0.381 e. The normalized spacial score (nSPS) is 13.9. The average molecular weight is 158 g/mol. The number of hydrogen-bond donors (Lipinski definition) is 0. The van der Waals surface area contributed by atoms with E-state index in [-0.39, 0.29) is 0 Å². The molecule has 1 heteroatoms. The van der Waals surface area contributed by atoms with Crippen molar-refractivity contribution in [1.29, 1.82) is 0 Å². The second-order valence-corrected chi connectivity index (χ2v) is 3.77. The van der Waals surface area contributed by atoms with Gasteiger partial charge in [0.1, 0.15) is 0 Å². The maximum atomic E-state index is 5.50. The van der Waals surface area contributed by atoms with Crippen molar-refractivity contribution in [2.45, 2.75) is 40.5 Å². The molecular weight excluding hydrogens is 136 g/mol. The predicted molar refractivity (Wildman–Crippen MR) is 49.7 cm³/mol. The Balaban J connectivity index is 3.01. The Hall–Kier alpha value is -0.0400. The molecule has 0 aromatic heterocycles. The lowest BCUT2D eigenvalue weighted by Gasteiger charge is -2.10. The van der Waals surface area contributed by atoms with Crippen molar-refractivity contribution in [2.75, 3.05) is 13.2 Å². The minimum atomic E-state index is 0.724. The summed E-state index contributed by atoms with van der Waals surface area (Å²) < 4.78 is 5.50. The fourth-order valence-corrected chi connectivity index (χ4v) is 0.721. The Labute approximate surface area is 71.1 Å². The minimum absolute atomic E-state index is 0.724. The van der Waals surface area contributed by atoms with E-state index in [1.807, 2.05) is 0 Å². The minimum Gasteiger partial charge on any atom is -0.381 e. The van der Waals surface area contributed by atoms with Gasteiger partial charge in [-0.3, -0.25) is 0 Å². The zero-order valence-electron chi connectivity index (χ0n) is 8.39. The maximum Gasteiger partial charge on any atom is 0.0491 e. The Morgan fingerprint density at radius 3 is 2.27 bits per heavy atom. The summed E-state index contributed by atoms with van der Waals surface area (Å²) in [6.45, 7) is 10.8. The first-order chi connectivity index (χ1) is 5.16. The topological polar surface area (TPSA) is 9.23 Å². The smallest absolute Gasteiger partial charge is 0.0491 e. The van der Waals surface area contributed by atoms with E-state index in [1.165, 1.54) is 12.8 Å². The van der Waals surface area contributed by atoms with Gasteiger partial charge in [-0.25, -0.2) is 0 Å². The van der Waals surface area contributed by atoms with E-state index in [2.05, 4.69) is 27.7 Å². The molecule has 0 saturated heterocycles. The van der Waals surface area contributed by atoms with Gasteiger partial charge in [-0.05, 0) is 18.3 Å². The third-order valence-electron chi connectivity index (χ3n) is 1.94. The van der Waals surface area contributed by atoms with Crippen LogP contribution >= 0.6 is 0 Å². The first kappa shape index (κ1) is 11.0. The molecule has 0 aromatic carbocycles. The summed E-state index contributed by atoms with van der Waals surface area (Å²) in [6, 6.07) is 0. The standard InChI is InChI=1S/C10H22O/c1-5-10(4)8-11-7-6-9(2)3/h9-10H,5-8H2,1-4H3/t10-/m0/s1. The van der Waals surface area contributed by atoms with Gasteiger partial charge in [-0.1, -0.05) is 34.1 Å². The van der Waals surface area contributed by atoms with Gasteiger partial charge in [0.15, 0.2) is 0 Å². The lowest BCUT2D eigenvalue weighted by molar-refractivity contribution is 0.0950. The van der Waals surface area contributed by atoms with Crippen molar-refractivity contribution >= 4 is 0 Å². The van der Waals surface area contributed by atoms with Crippen LogP contribution in [0, 0.1) is 11.8 Å². The maximum absolute atomic E-state index is 5.50. The molecule has 0 rings (SSSR count). The molecule has 0 aliphatic carbocycles. The molecule has 0 saturated carbocycles. The molecule has 0 fully saturated rings. The van der Waals surface area contributed by atoms with Crippen molar-refractivity contribution in [3.05, 3.63) is 0 Å². The Bertz CT molecular complexity index is 78.9. The van der Waals surface area contributed by atoms with Crippen LogP contribution in [0.3, 0.4) is 0 Å². The molecule has 0 bridgehead atoms. The fourth-order valence-electron chi connectivity index (χ4n) is 0.721. The van der Waals surface area contributed by atoms with E-state index in [1.54, 1.807) is 0 Å². The molecule has 1 nitrogen and oxygen atoms in total. The third kappa shape index (κ3) is 7.86. The van der Waals surface area contributed by atoms with E-state index in [9.17, 15) is 0 Å². The molecule has 68 valence electrons. The van der Waals surface area contributed by atoms with Crippen LogP contribution in [0.25, 0.3) is 0 Å². The van der Waals surface area contributed by atoms with Gasteiger partial charge < -0.3 is 4.74 Å². The van der Waals surface area contributed by atoms with Crippen molar-refractivity contribution in [2.24, 2.45) is 11.8 Å². The van der Waals surface area contributed by atoms with Crippen LogP contribution in [0.2, 0.25) is 0 Å². The summed E-state index contributed by atoms with van der Waals surface area (Å²) in [5, 5.41) is 0. The summed E-state index contributed by atoms with van der Waals surface area (Å²) in [4.78, 5) is 0. The average Bonchev–Trinajstić information content (AvgIpc) is 1.97. The molecule has 0 N–H and O–H groups in total. The highest BCUT2D eigenvalue weighted by Crippen LogP contribution is 2.03. The zero-order valence-corrected chi connectivity index (χ0v) is 8.39. The fraction of sp³-hybridized carbons (Fsp3) is 1.00. The van der Waals surface area contributed by atoms with Crippen molar-refractivity contribution in [1.82, 2.24) is 0 Å². The number of hydrogen-bond acceptors (Lipinski definition) is 1. The zero-order chi connectivity index (χ0) is 8.69. The predicted octanol–water partition coefficient (Wildman–Crippen LogP) is 3.10. The molecule has 0 unspecified atom stereocenters. The quantitative estimate of drug-likeness (QED) is 0.540.